The fourth-order valence-electron chi connectivity index (χ4n) is 5.45. The fraction of sp³-hybridized carbons (Fsp3) is 0.407. The van der Waals surface area contributed by atoms with Crippen LogP contribution >= 0.6 is 0 Å². The van der Waals surface area contributed by atoms with Crippen LogP contribution in [0.1, 0.15) is 18.1 Å². The Bertz CT molecular complexity index is 1240. The number of hydrogen-bond acceptors (Lipinski definition) is 11. The third kappa shape index (κ3) is 4.74. The first-order chi connectivity index (χ1) is 18.7. The number of pyridine rings is 2. The molecule has 11 heteroatoms. The number of nitrogens with zero attached hydrogens (tertiary/aromatic N) is 5. The maximum atomic E-state index is 10.2. The molecule has 2 unspecified atom stereocenters. The molecule has 2 aromatic heterocycles. The molecule has 0 bridgehead atoms. The van der Waals surface area contributed by atoms with Crippen LogP contribution in [0, 0.1) is 0 Å². The molecule has 2 saturated heterocycles. The lowest BCUT2D eigenvalue weighted by molar-refractivity contribution is 0.105. The number of aliphatic hydroxyl groups is 1. The highest BCUT2D eigenvalue weighted by Crippen LogP contribution is 2.38. The van der Waals surface area contributed by atoms with Gasteiger partial charge < -0.3 is 19.5 Å². The van der Waals surface area contributed by atoms with Crippen LogP contribution in [0.5, 0.6) is 5.88 Å². The van der Waals surface area contributed by atoms with Gasteiger partial charge in [0.25, 0.3) is 0 Å². The van der Waals surface area contributed by atoms with Crippen LogP contribution in [0.3, 0.4) is 0 Å². The van der Waals surface area contributed by atoms with E-state index in [1.165, 1.54) is 5.57 Å². The first-order valence-corrected chi connectivity index (χ1v) is 13.1. The van der Waals surface area contributed by atoms with E-state index in [1.54, 1.807) is 7.11 Å². The van der Waals surface area contributed by atoms with Gasteiger partial charge in [-0.3, -0.25) is 15.3 Å². The van der Waals surface area contributed by atoms with Gasteiger partial charge in [-0.2, -0.15) is 0 Å². The van der Waals surface area contributed by atoms with Crippen LogP contribution in [0.25, 0.3) is 5.57 Å². The van der Waals surface area contributed by atoms with Gasteiger partial charge in [0.15, 0.2) is 0 Å². The summed E-state index contributed by atoms with van der Waals surface area (Å²) in [6.45, 7) is 6.54. The average molecular weight is 519 g/mol. The van der Waals surface area contributed by atoms with Crippen LogP contribution in [-0.4, -0.2) is 83.7 Å². The van der Waals surface area contributed by atoms with Crippen molar-refractivity contribution in [3.05, 3.63) is 77.1 Å². The highest BCUT2D eigenvalue weighted by atomic mass is 16.5. The number of anilines is 1. The lowest BCUT2D eigenvalue weighted by Crippen LogP contribution is -2.54. The van der Waals surface area contributed by atoms with Gasteiger partial charge in [0.1, 0.15) is 17.7 Å². The molecule has 0 saturated carbocycles. The number of allylic oxidation sites excluding steroid dienone is 2. The molecular weight excluding hydrogens is 484 g/mol. The molecule has 4 N–H and O–H groups in total. The number of methoxy groups -OCH3 is 1. The molecule has 200 valence electrons. The lowest BCUT2D eigenvalue weighted by atomic mass is 9.98. The number of hydrogen-bond donors (Lipinski definition) is 4. The standard InChI is InChI=1S/C27H34N8O3/c1-3-38-21-10-22(26-23-13-30-31-27(23)32-35(26)16-21)19-5-6-24(28-12-19)34-9-8-33(20(15-34)17-36)14-18-4-7-25(37-2)29-11-18/h4-7,10-12,16,20,27,30-32,36H,3,8-9,13-15,17H2,1-2H3. The number of aliphatic hydroxyl groups excluding tert-OH is 1. The molecule has 38 heavy (non-hydrogen) atoms. The second-order valence-electron chi connectivity index (χ2n) is 9.69. The molecule has 4 aliphatic heterocycles. The van der Waals surface area contributed by atoms with E-state index in [1.807, 2.05) is 42.7 Å². The topological polar surface area (TPSA) is 110 Å². The number of aromatic nitrogens is 2. The summed E-state index contributed by atoms with van der Waals surface area (Å²) in [5.41, 5.74) is 15.6. The number of rotatable bonds is 8. The average Bonchev–Trinajstić information content (AvgIpc) is 3.55. The van der Waals surface area contributed by atoms with Crippen LogP contribution in [-0.2, 0) is 11.3 Å². The maximum absolute atomic E-state index is 10.2. The summed E-state index contributed by atoms with van der Waals surface area (Å²) in [5.74, 6) is 2.33. The lowest BCUT2D eigenvalue weighted by Gasteiger charge is -2.41. The predicted molar refractivity (Wildman–Crippen MR) is 143 cm³/mol. The van der Waals surface area contributed by atoms with Crippen LogP contribution in [0.15, 0.2) is 66.0 Å². The molecule has 2 aromatic rings. The Labute approximate surface area is 222 Å². The van der Waals surface area contributed by atoms with Crippen molar-refractivity contribution in [2.75, 3.05) is 51.4 Å². The van der Waals surface area contributed by atoms with Gasteiger partial charge in [0.2, 0.25) is 5.88 Å². The predicted octanol–water partition coefficient (Wildman–Crippen LogP) is 0.951. The van der Waals surface area contributed by atoms with E-state index in [0.717, 1.165) is 60.2 Å². The zero-order valence-electron chi connectivity index (χ0n) is 21.7. The molecule has 0 spiro atoms. The zero-order valence-corrected chi connectivity index (χ0v) is 21.7. The second kappa shape index (κ2) is 10.7. The number of hydrazine groups is 2. The number of fused-ring (bicyclic) bond motifs is 2. The van der Waals surface area contributed by atoms with Gasteiger partial charge in [0.05, 0.1) is 38.3 Å². The Hall–Kier alpha value is -3.48. The molecule has 0 radical (unpaired) electrons. The molecular formula is C27H34N8O3. The molecule has 2 atom stereocenters. The number of nitrogens with one attached hydrogen (secondary N) is 3. The third-order valence-electron chi connectivity index (χ3n) is 7.39. The first kappa shape index (κ1) is 24.8. The molecule has 2 fully saturated rings. The van der Waals surface area contributed by atoms with Gasteiger partial charge in [-0.05, 0) is 30.7 Å². The molecule has 11 nitrogen and oxygen atoms in total. The van der Waals surface area contributed by atoms with Crippen LogP contribution < -0.4 is 25.9 Å². The highest BCUT2D eigenvalue weighted by molar-refractivity contribution is 5.83. The Morgan fingerprint density at radius 3 is 2.79 bits per heavy atom. The van der Waals surface area contributed by atoms with Gasteiger partial charge in [-0.15, -0.1) is 0 Å². The fourth-order valence-corrected chi connectivity index (χ4v) is 5.45. The van der Waals surface area contributed by atoms with Crippen molar-refractivity contribution >= 4 is 11.4 Å². The van der Waals surface area contributed by atoms with Gasteiger partial charge in [-0.1, -0.05) is 6.07 Å². The Morgan fingerprint density at radius 2 is 2.05 bits per heavy atom. The first-order valence-electron chi connectivity index (χ1n) is 13.1. The third-order valence-corrected chi connectivity index (χ3v) is 7.39. The van der Waals surface area contributed by atoms with Crippen molar-refractivity contribution in [2.24, 2.45) is 0 Å². The van der Waals surface area contributed by atoms with Crippen molar-refractivity contribution in [2.45, 2.75) is 25.7 Å². The molecule has 0 aliphatic carbocycles. The highest BCUT2D eigenvalue weighted by Gasteiger charge is 2.37. The van der Waals surface area contributed by atoms with E-state index in [9.17, 15) is 5.11 Å². The van der Waals surface area contributed by atoms with E-state index in [0.29, 0.717) is 19.0 Å². The number of ether oxygens (including phenoxy) is 2. The molecule has 6 rings (SSSR count). The van der Waals surface area contributed by atoms with E-state index in [2.05, 4.69) is 49.3 Å². The minimum absolute atomic E-state index is 0.0108. The van der Waals surface area contributed by atoms with E-state index in [4.69, 9.17) is 14.5 Å². The largest absolute Gasteiger partial charge is 0.492 e. The Balaban J connectivity index is 1.18. The van der Waals surface area contributed by atoms with Gasteiger partial charge in [-0.25, -0.2) is 20.8 Å². The molecule has 0 aromatic carbocycles. The second-order valence-corrected chi connectivity index (χ2v) is 9.69. The van der Waals surface area contributed by atoms with E-state index >= 15 is 0 Å². The van der Waals surface area contributed by atoms with Crippen molar-refractivity contribution in [1.82, 2.24) is 36.2 Å². The number of piperazine rings is 1. The Morgan fingerprint density at radius 1 is 1.13 bits per heavy atom. The van der Waals surface area contributed by atoms with E-state index in [-0.39, 0.29) is 18.8 Å². The summed E-state index contributed by atoms with van der Waals surface area (Å²) in [7, 11) is 1.61. The molecule has 4 aliphatic rings. The Kier molecular flexibility index (Phi) is 7.00. The quantitative estimate of drug-likeness (QED) is 0.401. The summed E-state index contributed by atoms with van der Waals surface area (Å²) < 4.78 is 11.0. The minimum Gasteiger partial charge on any atom is -0.492 e. The van der Waals surface area contributed by atoms with Gasteiger partial charge in [0, 0.05) is 67.9 Å². The minimum atomic E-state index is 0.0108. The summed E-state index contributed by atoms with van der Waals surface area (Å²) in [4.78, 5) is 13.7. The van der Waals surface area contributed by atoms with Crippen LogP contribution in [0.4, 0.5) is 5.82 Å². The summed E-state index contributed by atoms with van der Waals surface area (Å²) in [6, 6.07) is 8.11. The van der Waals surface area contributed by atoms with Crippen LogP contribution in [0.2, 0.25) is 0 Å². The maximum Gasteiger partial charge on any atom is 0.212 e. The summed E-state index contributed by atoms with van der Waals surface area (Å²) in [6.07, 6.45) is 7.92. The summed E-state index contributed by atoms with van der Waals surface area (Å²) >= 11 is 0. The zero-order chi connectivity index (χ0) is 26.1. The smallest absolute Gasteiger partial charge is 0.212 e. The summed E-state index contributed by atoms with van der Waals surface area (Å²) in [5, 5.41) is 12.2. The van der Waals surface area contributed by atoms with Crippen molar-refractivity contribution in [3.63, 3.8) is 0 Å². The SMILES string of the molecule is CCOC1=CN2NC3NNCC3=C2C(c2ccc(N3CCN(Cc4ccc(OC)nc4)C(CO)C3)nc2)=C1. The van der Waals surface area contributed by atoms with Crippen molar-refractivity contribution in [3.8, 4) is 5.88 Å². The van der Waals surface area contributed by atoms with Crippen molar-refractivity contribution in [1.29, 1.82) is 0 Å². The molecule has 0 amide bonds. The molecule has 6 heterocycles. The van der Waals surface area contributed by atoms with Crippen molar-refractivity contribution < 1.29 is 14.6 Å². The van der Waals surface area contributed by atoms with E-state index < -0.39 is 0 Å². The van der Waals surface area contributed by atoms with Gasteiger partial charge >= 0.3 is 0 Å². The normalized spacial score (nSPS) is 23.2. The monoisotopic (exact) mass is 518 g/mol.